The highest BCUT2D eigenvalue weighted by Crippen LogP contribution is 2.49. The van der Waals surface area contributed by atoms with E-state index in [1.54, 1.807) is 27.4 Å². The molecule has 1 saturated heterocycles. The Hall–Kier alpha value is -2.80. The molecule has 2 aromatic rings. The van der Waals surface area contributed by atoms with Crippen molar-refractivity contribution in [3.8, 4) is 34.5 Å². The van der Waals surface area contributed by atoms with E-state index in [1.165, 1.54) is 0 Å². The van der Waals surface area contributed by atoms with E-state index in [0.29, 0.717) is 28.7 Å². The summed E-state index contributed by atoms with van der Waals surface area (Å²) in [7, 11) is 4.85. The molecule has 1 unspecified atom stereocenters. The molecule has 150 valence electrons. The van der Waals surface area contributed by atoms with Gasteiger partial charge in [-0.25, -0.2) is 0 Å². The molecule has 4 rings (SSSR count). The van der Waals surface area contributed by atoms with Crippen LogP contribution < -0.4 is 23.7 Å². The van der Waals surface area contributed by atoms with Gasteiger partial charge in [-0.3, -0.25) is 4.90 Å². The number of hydrogen-bond acceptors (Lipinski definition) is 7. The molecule has 7 heteroatoms. The van der Waals surface area contributed by atoms with Gasteiger partial charge in [0.1, 0.15) is 23.0 Å². The van der Waals surface area contributed by atoms with Crippen LogP contribution in [0.3, 0.4) is 0 Å². The summed E-state index contributed by atoms with van der Waals surface area (Å²) >= 11 is 0. The highest BCUT2D eigenvalue weighted by molar-refractivity contribution is 5.59. The van der Waals surface area contributed by atoms with Crippen molar-refractivity contribution in [2.75, 3.05) is 41.2 Å². The Bertz CT molecular complexity index is 837. The van der Waals surface area contributed by atoms with Crippen molar-refractivity contribution in [2.24, 2.45) is 0 Å². The molecule has 2 aromatic carbocycles. The molecule has 7 nitrogen and oxygen atoms in total. The zero-order valence-electron chi connectivity index (χ0n) is 16.4. The fourth-order valence-corrected chi connectivity index (χ4v) is 4.00. The number of fused-ring (bicyclic) bond motifs is 1. The maximum Gasteiger partial charge on any atom is 0.231 e. The molecule has 1 N–H and O–H groups in total. The summed E-state index contributed by atoms with van der Waals surface area (Å²) in [6.45, 7) is 1.98. The smallest absolute Gasteiger partial charge is 0.231 e. The van der Waals surface area contributed by atoms with Crippen LogP contribution in [0.15, 0.2) is 24.3 Å². The van der Waals surface area contributed by atoms with Crippen molar-refractivity contribution in [1.29, 1.82) is 0 Å². The lowest BCUT2D eigenvalue weighted by atomic mass is 9.94. The van der Waals surface area contributed by atoms with E-state index in [0.717, 1.165) is 37.1 Å². The Morgan fingerprint density at radius 3 is 2.07 bits per heavy atom. The van der Waals surface area contributed by atoms with Crippen LogP contribution in [0, 0.1) is 0 Å². The van der Waals surface area contributed by atoms with Gasteiger partial charge in [-0.05, 0) is 32.0 Å². The number of phenolic OH excluding ortho intramolecular Hbond substituents is 1. The number of rotatable bonds is 6. The molecule has 0 saturated carbocycles. The molecule has 0 aliphatic carbocycles. The van der Waals surface area contributed by atoms with Gasteiger partial charge in [-0.15, -0.1) is 0 Å². The summed E-state index contributed by atoms with van der Waals surface area (Å²) in [6.07, 6.45) is 2.20. The van der Waals surface area contributed by atoms with Gasteiger partial charge >= 0.3 is 0 Å². The first kappa shape index (κ1) is 18.6. The largest absolute Gasteiger partial charge is 0.507 e. The second-order valence-electron chi connectivity index (χ2n) is 6.86. The van der Waals surface area contributed by atoms with Crippen molar-refractivity contribution in [3.63, 3.8) is 0 Å². The van der Waals surface area contributed by atoms with Crippen LogP contribution in [0.5, 0.6) is 34.5 Å². The second-order valence-corrected chi connectivity index (χ2v) is 6.86. The maximum atomic E-state index is 10.8. The fraction of sp³-hybridized carbons (Fsp3) is 0.429. The highest BCUT2D eigenvalue weighted by atomic mass is 16.7. The summed E-state index contributed by atoms with van der Waals surface area (Å²) in [5.74, 6) is 3.27. The molecule has 1 fully saturated rings. The van der Waals surface area contributed by atoms with Gasteiger partial charge in [0.15, 0.2) is 11.5 Å². The van der Waals surface area contributed by atoms with Gasteiger partial charge in [0.2, 0.25) is 6.79 Å². The van der Waals surface area contributed by atoms with E-state index in [1.807, 2.05) is 18.2 Å². The third-order valence-electron chi connectivity index (χ3n) is 5.35. The molecule has 0 bridgehead atoms. The molecule has 1 atom stereocenters. The number of methoxy groups -OCH3 is 3. The number of hydrogen-bond donors (Lipinski definition) is 1. The van der Waals surface area contributed by atoms with Crippen LogP contribution in [-0.4, -0.2) is 51.2 Å². The maximum absolute atomic E-state index is 10.8. The SMILES string of the molecule is COc1cc(OC)c(C(c2cc3c(cc2O)OCO3)N2CCCC2)c(OC)c1. The molecule has 2 aliphatic heterocycles. The van der Waals surface area contributed by atoms with Gasteiger partial charge in [0.25, 0.3) is 0 Å². The third-order valence-corrected chi connectivity index (χ3v) is 5.35. The van der Waals surface area contributed by atoms with Gasteiger partial charge < -0.3 is 28.8 Å². The van der Waals surface area contributed by atoms with E-state index < -0.39 is 0 Å². The minimum absolute atomic E-state index is 0.154. The van der Waals surface area contributed by atoms with E-state index in [-0.39, 0.29) is 18.6 Å². The summed E-state index contributed by atoms with van der Waals surface area (Å²) in [5, 5.41) is 10.8. The van der Waals surface area contributed by atoms with E-state index in [2.05, 4.69) is 4.90 Å². The molecule has 0 amide bonds. The summed E-state index contributed by atoms with van der Waals surface area (Å²) < 4.78 is 27.8. The molecule has 2 aliphatic rings. The first-order valence-electron chi connectivity index (χ1n) is 9.32. The average Bonchev–Trinajstić information content (AvgIpc) is 3.40. The molecule has 28 heavy (non-hydrogen) atoms. The Morgan fingerprint density at radius 2 is 1.50 bits per heavy atom. The topological polar surface area (TPSA) is 69.6 Å². The van der Waals surface area contributed by atoms with Crippen LogP contribution in [0.1, 0.15) is 30.0 Å². The number of nitrogens with zero attached hydrogens (tertiary/aromatic N) is 1. The lowest BCUT2D eigenvalue weighted by Gasteiger charge is -2.31. The van der Waals surface area contributed by atoms with Crippen LogP contribution in [0.4, 0.5) is 0 Å². The Morgan fingerprint density at radius 1 is 0.893 bits per heavy atom. The Kier molecular flexibility index (Phi) is 5.09. The summed E-state index contributed by atoms with van der Waals surface area (Å²) in [5.41, 5.74) is 1.58. The zero-order chi connectivity index (χ0) is 19.7. The lowest BCUT2D eigenvalue weighted by molar-refractivity contribution is 0.173. The molecule has 0 radical (unpaired) electrons. The number of phenols is 1. The first-order chi connectivity index (χ1) is 13.7. The molecular formula is C21H25NO6. The number of aromatic hydroxyl groups is 1. The van der Waals surface area contributed by atoms with Gasteiger partial charge in [-0.2, -0.15) is 0 Å². The van der Waals surface area contributed by atoms with E-state index >= 15 is 0 Å². The van der Waals surface area contributed by atoms with Crippen LogP contribution in [-0.2, 0) is 0 Å². The van der Waals surface area contributed by atoms with Crippen molar-refractivity contribution in [3.05, 3.63) is 35.4 Å². The quantitative estimate of drug-likeness (QED) is 0.815. The average molecular weight is 387 g/mol. The second kappa shape index (κ2) is 7.67. The highest BCUT2D eigenvalue weighted by Gasteiger charge is 2.34. The minimum Gasteiger partial charge on any atom is -0.507 e. The van der Waals surface area contributed by atoms with Crippen molar-refractivity contribution < 1.29 is 28.8 Å². The molecule has 0 spiro atoms. The summed E-state index contributed by atoms with van der Waals surface area (Å²) in [4.78, 5) is 2.32. The first-order valence-corrected chi connectivity index (χ1v) is 9.32. The molecule has 0 aromatic heterocycles. The van der Waals surface area contributed by atoms with Crippen LogP contribution in [0.2, 0.25) is 0 Å². The molecule has 2 heterocycles. The standard InChI is InChI=1S/C21H25NO6/c1-24-13-8-18(25-2)20(19(9-13)26-3)21(22-6-4-5-7-22)14-10-16-17(11-15(14)23)28-12-27-16/h8-11,21,23H,4-7,12H2,1-3H3. The predicted molar refractivity (Wildman–Crippen MR) is 103 cm³/mol. The van der Waals surface area contributed by atoms with E-state index in [9.17, 15) is 5.11 Å². The zero-order valence-corrected chi connectivity index (χ0v) is 16.4. The van der Waals surface area contributed by atoms with Gasteiger partial charge in [0, 0.05) is 23.8 Å². The summed E-state index contributed by atoms with van der Waals surface area (Å²) in [6, 6.07) is 6.89. The number of likely N-dealkylation sites (tertiary alicyclic amines) is 1. The van der Waals surface area contributed by atoms with Crippen LogP contribution >= 0.6 is 0 Å². The minimum atomic E-state index is -0.257. The van der Waals surface area contributed by atoms with Gasteiger partial charge in [-0.1, -0.05) is 0 Å². The monoisotopic (exact) mass is 387 g/mol. The normalized spacial score (nSPS) is 16.8. The van der Waals surface area contributed by atoms with Crippen molar-refractivity contribution >= 4 is 0 Å². The lowest BCUT2D eigenvalue weighted by Crippen LogP contribution is -2.27. The van der Waals surface area contributed by atoms with Crippen molar-refractivity contribution in [2.45, 2.75) is 18.9 Å². The fourth-order valence-electron chi connectivity index (χ4n) is 4.00. The Labute approximate surface area is 164 Å². The predicted octanol–water partition coefficient (Wildman–Crippen LogP) is 3.33. The van der Waals surface area contributed by atoms with E-state index in [4.69, 9.17) is 23.7 Å². The molecular weight excluding hydrogens is 362 g/mol. The number of benzene rings is 2. The number of ether oxygens (including phenoxy) is 5. The van der Waals surface area contributed by atoms with Crippen LogP contribution in [0.25, 0.3) is 0 Å². The van der Waals surface area contributed by atoms with Crippen molar-refractivity contribution in [1.82, 2.24) is 4.90 Å². The Balaban J connectivity index is 1.91. The van der Waals surface area contributed by atoms with Gasteiger partial charge in [0.05, 0.1) is 32.9 Å². The third kappa shape index (κ3) is 3.16.